The average molecular weight is 241 g/mol. The van der Waals surface area contributed by atoms with Gasteiger partial charge in [0.1, 0.15) is 18.0 Å². The number of fused-ring (bicyclic) bond motifs is 1. The van der Waals surface area contributed by atoms with Crippen LogP contribution >= 0.6 is 0 Å². The molecule has 4 atom stereocenters. The Morgan fingerprint density at radius 3 is 2.76 bits per heavy atom. The van der Waals surface area contributed by atoms with Crippen molar-refractivity contribution in [3.05, 3.63) is 11.3 Å². The summed E-state index contributed by atoms with van der Waals surface area (Å²) in [5.74, 6) is 0.348. The van der Waals surface area contributed by atoms with E-state index in [4.69, 9.17) is 14.2 Å². The van der Waals surface area contributed by atoms with E-state index in [0.29, 0.717) is 5.76 Å². The molecule has 2 rings (SSSR count). The molecule has 1 fully saturated rings. The summed E-state index contributed by atoms with van der Waals surface area (Å²) < 4.78 is 16.7. The van der Waals surface area contributed by atoms with E-state index < -0.39 is 0 Å². The normalized spacial score (nSPS) is 36.9. The number of carbonyl (C=O) groups is 1. The zero-order valence-corrected chi connectivity index (χ0v) is 10.6. The molecule has 5 nitrogen and oxygen atoms in total. The monoisotopic (exact) mass is 241 g/mol. The second-order valence-corrected chi connectivity index (χ2v) is 4.46. The Labute approximate surface area is 101 Å². The number of ether oxygens (including phenoxy) is 3. The van der Waals surface area contributed by atoms with Crippen molar-refractivity contribution in [1.82, 2.24) is 5.32 Å². The van der Waals surface area contributed by atoms with Crippen LogP contribution in [0.25, 0.3) is 0 Å². The van der Waals surface area contributed by atoms with Gasteiger partial charge in [-0.1, -0.05) is 6.92 Å². The van der Waals surface area contributed by atoms with Crippen LogP contribution in [0, 0.1) is 0 Å². The van der Waals surface area contributed by atoms with Gasteiger partial charge in [0, 0.05) is 6.92 Å². The maximum Gasteiger partial charge on any atom is 0.307 e. The molecule has 17 heavy (non-hydrogen) atoms. The lowest BCUT2D eigenvalue weighted by Crippen LogP contribution is -2.44. The van der Waals surface area contributed by atoms with Crippen LogP contribution < -0.4 is 5.32 Å². The van der Waals surface area contributed by atoms with Gasteiger partial charge >= 0.3 is 5.97 Å². The van der Waals surface area contributed by atoms with Gasteiger partial charge in [0.2, 0.25) is 0 Å². The predicted molar refractivity (Wildman–Crippen MR) is 60.9 cm³/mol. The van der Waals surface area contributed by atoms with E-state index in [1.165, 1.54) is 6.92 Å². The fraction of sp³-hybridized carbons (Fsp3) is 0.750. The first-order valence-electron chi connectivity index (χ1n) is 5.99. The van der Waals surface area contributed by atoms with E-state index in [1.807, 2.05) is 20.8 Å². The maximum atomic E-state index is 11.2. The minimum absolute atomic E-state index is 0.0438. The van der Waals surface area contributed by atoms with Gasteiger partial charge in [-0.15, -0.1) is 0 Å². The van der Waals surface area contributed by atoms with E-state index in [0.717, 1.165) is 12.0 Å². The van der Waals surface area contributed by atoms with Crippen LogP contribution in [0.3, 0.4) is 0 Å². The highest BCUT2D eigenvalue weighted by Crippen LogP contribution is 2.32. The minimum Gasteiger partial charge on any atom is -0.429 e. The fourth-order valence-corrected chi connectivity index (χ4v) is 2.33. The van der Waals surface area contributed by atoms with E-state index in [2.05, 4.69) is 5.32 Å². The van der Waals surface area contributed by atoms with Crippen molar-refractivity contribution in [2.75, 3.05) is 0 Å². The van der Waals surface area contributed by atoms with Gasteiger partial charge in [0.05, 0.1) is 6.10 Å². The van der Waals surface area contributed by atoms with Gasteiger partial charge in [-0.2, -0.15) is 0 Å². The van der Waals surface area contributed by atoms with Crippen LogP contribution in [0.2, 0.25) is 0 Å². The molecule has 2 heterocycles. The smallest absolute Gasteiger partial charge is 0.307 e. The zero-order valence-electron chi connectivity index (χ0n) is 10.6. The third-order valence-corrected chi connectivity index (χ3v) is 3.10. The minimum atomic E-state index is -0.368. The molecule has 2 aliphatic heterocycles. The van der Waals surface area contributed by atoms with Gasteiger partial charge < -0.3 is 14.2 Å². The van der Waals surface area contributed by atoms with E-state index in [-0.39, 0.29) is 30.6 Å². The maximum absolute atomic E-state index is 11.2. The van der Waals surface area contributed by atoms with E-state index >= 15 is 0 Å². The lowest BCUT2D eigenvalue weighted by molar-refractivity contribution is -0.168. The molecular formula is C12H19NO4. The van der Waals surface area contributed by atoms with E-state index in [1.54, 1.807) is 0 Å². The van der Waals surface area contributed by atoms with Crippen molar-refractivity contribution in [2.45, 2.75) is 58.8 Å². The van der Waals surface area contributed by atoms with Crippen molar-refractivity contribution < 1.29 is 19.0 Å². The summed E-state index contributed by atoms with van der Waals surface area (Å²) in [6.07, 6.45) is 0.321. The number of hydrogen-bond donors (Lipinski definition) is 1. The summed E-state index contributed by atoms with van der Waals surface area (Å²) in [4.78, 5) is 11.2. The number of nitrogens with one attached hydrogen (secondary N) is 1. The molecule has 0 amide bonds. The topological polar surface area (TPSA) is 56.8 Å². The number of hydrogen-bond acceptors (Lipinski definition) is 5. The summed E-state index contributed by atoms with van der Waals surface area (Å²) in [5, 5.41) is 3.20. The van der Waals surface area contributed by atoms with Crippen LogP contribution in [0.15, 0.2) is 11.3 Å². The highest BCUT2D eigenvalue weighted by molar-refractivity contribution is 5.67. The van der Waals surface area contributed by atoms with Crippen molar-refractivity contribution in [3.63, 3.8) is 0 Å². The highest BCUT2D eigenvalue weighted by Gasteiger charge is 2.43. The third-order valence-electron chi connectivity index (χ3n) is 3.10. The molecule has 0 spiro atoms. The summed E-state index contributed by atoms with van der Waals surface area (Å²) in [7, 11) is 0. The van der Waals surface area contributed by atoms with Crippen molar-refractivity contribution in [3.8, 4) is 0 Å². The molecule has 0 bridgehead atoms. The zero-order chi connectivity index (χ0) is 12.6. The van der Waals surface area contributed by atoms with Gasteiger partial charge in [-0.3, -0.25) is 10.1 Å². The average Bonchev–Trinajstić information content (AvgIpc) is 2.62. The predicted octanol–water partition coefficient (Wildman–Crippen LogP) is 1.29. The summed E-state index contributed by atoms with van der Waals surface area (Å²) in [6, 6.07) is -0.184. The Balaban J connectivity index is 2.28. The Kier molecular flexibility index (Phi) is 3.51. The van der Waals surface area contributed by atoms with Crippen molar-refractivity contribution in [1.29, 1.82) is 0 Å². The Bertz CT molecular complexity index is 352. The molecule has 2 aliphatic rings. The molecule has 0 aromatic rings. The van der Waals surface area contributed by atoms with Crippen LogP contribution in [-0.2, 0) is 19.0 Å². The third kappa shape index (κ3) is 2.36. The Morgan fingerprint density at radius 1 is 1.47 bits per heavy atom. The first-order valence-corrected chi connectivity index (χ1v) is 5.99. The highest BCUT2D eigenvalue weighted by atomic mass is 16.7. The van der Waals surface area contributed by atoms with Crippen molar-refractivity contribution >= 4 is 5.97 Å². The quantitative estimate of drug-likeness (QED) is 0.738. The SMILES string of the molecule is CCC1O[C@@H]2OC(C)NC2C(OC(C)=O)=C1C. The standard InChI is InChI=1S/C12H19NO4/c1-5-9-6(2)11(16-8(4)14)10-12(17-9)15-7(3)13-10/h7,9-10,12-13H,5H2,1-4H3/t7?,9?,10?,12-/m0/s1. The molecule has 3 unspecified atom stereocenters. The van der Waals surface area contributed by atoms with Gasteiger partial charge in [-0.05, 0) is 25.8 Å². The molecule has 96 valence electrons. The lowest BCUT2D eigenvalue weighted by Gasteiger charge is -2.32. The van der Waals surface area contributed by atoms with Gasteiger partial charge in [0.15, 0.2) is 6.29 Å². The van der Waals surface area contributed by atoms with Crippen molar-refractivity contribution in [2.24, 2.45) is 0 Å². The van der Waals surface area contributed by atoms with Gasteiger partial charge in [-0.25, -0.2) is 0 Å². The molecule has 0 aliphatic carbocycles. The molecule has 0 aromatic heterocycles. The largest absolute Gasteiger partial charge is 0.429 e. The molecule has 0 saturated carbocycles. The first-order chi connectivity index (χ1) is 8.02. The Hall–Kier alpha value is -0.910. The first kappa shape index (κ1) is 12.5. The second-order valence-electron chi connectivity index (χ2n) is 4.46. The molecule has 0 radical (unpaired) electrons. The summed E-state index contributed by atoms with van der Waals surface area (Å²) >= 11 is 0. The van der Waals surface area contributed by atoms with E-state index in [9.17, 15) is 4.79 Å². The second kappa shape index (κ2) is 4.76. The molecule has 1 N–H and O–H groups in total. The van der Waals surface area contributed by atoms with Crippen LogP contribution in [0.1, 0.15) is 34.1 Å². The molecule has 1 saturated heterocycles. The van der Waals surface area contributed by atoms with Gasteiger partial charge in [0.25, 0.3) is 0 Å². The Morgan fingerprint density at radius 2 is 2.18 bits per heavy atom. The summed E-state index contributed by atoms with van der Waals surface area (Å²) in [5.41, 5.74) is 0.967. The molecule has 5 heteroatoms. The lowest BCUT2D eigenvalue weighted by atomic mass is 10.0. The fourth-order valence-electron chi connectivity index (χ4n) is 2.33. The number of carbonyl (C=O) groups excluding carboxylic acids is 1. The van der Waals surface area contributed by atoms with Crippen LogP contribution in [0.5, 0.6) is 0 Å². The molecular weight excluding hydrogens is 222 g/mol. The number of rotatable bonds is 2. The van der Waals surface area contributed by atoms with Crippen LogP contribution in [-0.4, -0.2) is 30.6 Å². The number of esters is 1. The van der Waals surface area contributed by atoms with Crippen LogP contribution in [0.4, 0.5) is 0 Å². The molecule has 0 aromatic carbocycles. The summed E-state index contributed by atoms with van der Waals surface area (Å²) in [6.45, 7) is 7.29.